The zero-order valence-corrected chi connectivity index (χ0v) is 22.9. The molecule has 0 N–H and O–H groups in total. The van der Waals surface area contributed by atoms with Gasteiger partial charge in [-0.05, 0) is 66.1 Å². The number of para-hydroxylation sites is 1. The van der Waals surface area contributed by atoms with Gasteiger partial charge in [0.25, 0.3) is 0 Å². The Morgan fingerprint density at radius 2 is 0.977 bits per heavy atom. The Morgan fingerprint density at radius 1 is 0.500 bits per heavy atom. The topological polar surface area (TPSA) is 60.4 Å². The van der Waals surface area contributed by atoms with Gasteiger partial charge in [0.15, 0.2) is 0 Å². The Balaban J connectivity index is 1.62. The van der Waals surface area contributed by atoms with Crippen LogP contribution >= 0.6 is 0 Å². The molecule has 0 saturated heterocycles. The van der Waals surface area contributed by atoms with E-state index in [0.29, 0.717) is 5.39 Å². The largest absolute Gasteiger partial charge is 0.423 e. The molecule has 4 unspecified atom stereocenters. The SMILES string of the molecule is Cc1cc2oc(=O)cc(C3C(c4c(F)cccc4F)C(c4c(F)cccc4F)C3c3cc(=O)oc4ccccc34)c2cc1F. The van der Waals surface area contributed by atoms with Gasteiger partial charge in [-0.15, -0.1) is 0 Å². The van der Waals surface area contributed by atoms with Crippen molar-refractivity contribution in [3.05, 3.63) is 163 Å². The molecule has 1 aliphatic carbocycles. The van der Waals surface area contributed by atoms with Crippen LogP contribution in [-0.4, -0.2) is 0 Å². The maximum atomic E-state index is 15.6. The minimum absolute atomic E-state index is 0.0239. The molecule has 4 atom stereocenters. The molecule has 2 aromatic heterocycles. The summed E-state index contributed by atoms with van der Waals surface area (Å²) in [6, 6.07) is 17.8. The van der Waals surface area contributed by atoms with Crippen LogP contribution in [0.4, 0.5) is 22.0 Å². The molecule has 9 heteroatoms. The Hall–Kier alpha value is -5.05. The van der Waals surface area contributed by atoms with E-state index in [1.54, 1.807) is 24.3 Å². The quantitative estimate of drug-likeness (QED) is 0.151. The lowest BCUT2D eigenvalue weighted by Gasteiger charge is -2.53. The minimum Gasteiger partial charge on any atom is -0.423 e. The van der Waals surface area contributed by atoms with Gasteiger partial charge < -0.3 is 8.83 Å². The van der Waals surface area contributed by atoms with Gasteiger partial charge >= 0.3 is 11.3 Å². The van der Waals surface area contributed by atoms with E-state index >= 15 is 17.6 Å². The number of fused-ring (bicyclic) bond motifs is 2. The van der Waals surface area contributed by atoms with E-state index < -0.39 is 75.1 Å². The molecule has 0 amide bonds. The van der Waals surface area contributed by atoms with Crippen molar-refractivity contribution in [2.75, 3.05) is 0 Å². The first-order valence-corrected chi connectivity index (χ1v) is 13.8. The third-order valence-corrected chi connectivity index (χ3v) is 8.67. The van der Waals surface area contributed by atoms with Gasteiger partial charge in [0, 0.05) is 57.7 Å². The maximum absolute atomic E-state index is 15.6. The molecule has 0 bridgehead atoms. The summed E-state index contributed by atoms with van der Waals surface area (Å²) in [7, 11) is 0. The Morgan fingerprint density at radius 3 is 1.52 bits per heavy atom. The molecule has 4 aromatic carbocycles. The molecule has 0 spiro atoms. The fraction of sp³-hybridized carbons (Fsp3) is 0.143. The van der Waals surface area contributed by atoms with Crippen LogP contribution in [0.15, 0.2) is 103 Å². The lowest BCUT2D eigenvalue weighted by Crippen LogP contribution is -2.42. The summed E-state index contributed by atoms with van der Waals surface area (Å²) in [6.45, 7) is 1.48. The number of hydrogen-bond donors (Lipinski definition) is 0. The number of aryl methyl sites for hydroxylation is 1. The Kier molecular flexibility index (Phi) is 6.49. The summed E-state index contributed by atoms with van der Waals surface area (Å²) in [5.74, 6) is -9.14. The summed E-state index contributed by atoms with van der Waals surface area (Å²) in [6.07, 6.45) is 0. The van der Waals surface area contributed by atoms with Crippen molar-refractivity contribution in [1.29, 1.82) is 0 Å². The van der Waals surface area contributed by atoms with Crippen LogP contribution in [-0.2, 0) is 0 Å². The number of hydrogen-bond acceptors (Lipinski definition) is 4. The molecule has 2 heterocycles. The second kappa shape index (κ2) is 10.3. The molecule has 4 nitrogen and oxygen atoms in total. The van der Waals surface area contributed by atoms with Gasteiger partial charge in [-0.25, -0.2) is 31.5 Å². The second-order valence-electron chi connectivity index (χ2n) is 11.0. The standard InChI is InChI=1S/C35H21F5O4/c1-16-12-27-18(13-25(16)40)20(15-29(42)44-27)31-30(19-14-28(41)43-26-11-3-2-6-17(19)26)34(32-21(36)7-4-8-22(32)37)35(31)33-23(38)9-5-10-24(33)39/h2-15,30-31,34-35H,1H3. The van der Waals surface area contributed by atoms with Crippen LogP contribution in [0, 0.1) is 36.0 Å². The Labute approximate surface area is 246 Å². The third-order valence-electron chi connectivity index (χ3n) is 8.67. The molecule has 6 aromatic rings. The fourth-order valence-electron chi connectivity index (χ4n) is 6.89. The highest BCUT2D eigenvalue weighted by molar-refractivity contribution is 5.85. The predicted molar refractivity (Wildman–Crippen MR) is 153 cm³/mol. The first-order chi connectivity index (χ1) is 21.1. The van der Waals surface area contributed by atoms with Crippen molar-refractivity contribution in [1.82, 2.24) is 0 Å². The first kappa shape index (κ1) is 27.8. The minimum atomic E-state index is -1.30. The zero-order chi connectivity index (χ0) is 30.9. The number of benzene rings is 4. The number of rotatable bonds is 4. The molecule has 0 radical (unpaired) electrons. The maximum Gasteiger partial charge on any atom is 0.336 e. The van der Waals surface area contributed by atoms with Crippen molar-refractivity contribution in [2.45, 2.75) is 30.6 Å². The third kappa shape index (κ3) is 4.25. The van der Waals surface area contributed by atoms with E-state index in [1.165, 1.54) is 31.2 Å². The van der Waals surface area contributed by atoms with Gasteiger partial charge in [-0.1, -0.05) is 30.3 Å². The van der Waals surface area contributed by atoms with E-state index in [-0.39, 0.29) is 33.2 Å². The second-order valence-corrected chi connectivity index (χ2v) is 11.0. The summed E-state index contributed by atoms with van der Waals surface area (Å²) in [5.41, 5.74) is -1.63. The van der Waals surface area contributed by atoms with Crippen LogP contribution in [0.1, 0.15) is 51.5 Å². The van der Waals surface area contributed by atoms with Gasteiger partial charge in [0.05, 0.1) is 0 Å². The highest BCUT2D eigenvalue weighted by Gasteiger charge is 2.57. The first-order valence-electron chi connectivity index (χ1n) is 13.8. The molecule has 0 aliphatic heterocycles. The molecular formula is C35H21F5O4. The molecule has 1 aliphatic rings. The molecule has 7 rings (SSSR count). The Bertz CT molecular complexity index is 2200. The van der Waals surface area contributed by atoms with Crippen LogP contribution in [0.25, 0.3) is 21.9 Å². The molecule has 1 saturated carbocycles. The van der Waals surface area contributed by atoms with E-state index in [0.717, 1.165) is 36.4 Å². The van der Waals surface area contributed by atoms with Gasteiger partial charge in [0.2, 0.25) is 0 Å². The highest BCUT2D eigenvalue weighted by Crippen LogP contribution is 2.68. The summed E-state index contributed by atoms with van der Waals surface area (Å²) in [5, 5.41) is 0.565. The lowest BCUT2D eigenvalue weighted by molar-refractivity contribution is 0.210. The van der Waals surface area contributed by atoms with Gasteiger partial charge in [-0.3, -0.25) is 0 Å². The van der Waals surface area contributed by atoms with Crippen molar-refractivity contribution in [2.24, 2.45) is 0 Å². The van der Waals surface area contributed by atoms with Crippen molar-refractivity contribution in [3.63, 3.8) is 0 Å². The summed E-state index contributed by atoms with van der Waals surface area (Å²) < 4.78 is 88.2. The average molecular weight is 601 g/mol. The molecular weight excluding hydrogens is 579 g/mol. The molecule has 44 heavy (non-hydrogen) atoms. The smallest absolute Gasteiger partial charge is 0.336 e. The normalized spacial score (nSPS) is 19.8. The van der Waals surface area contributed by atoms with Gasteiger partial charge in [0.1, 0.15) is 40.3 Å². The molecule has 1 fully saturated rings. The van der Waals surface area contributed by atoms with Crippen molar-refractivity contribution < 1.29 is 30.8 Å². The van der Waals surface area contributed by atoms with Gasteiger partial charge in [-0.2, -0.15) is 0 Å². The van der Waals surface area contributed by atoms with E-state index in [2.05, 4.69) is 0 Å². The molecule has 220 valence electrons. The monoisotopic (exact) mass is 600 g/mol. The van der Waals surface area contributed by atoms with Crippen LogP contribution in [0.3, 0.4) is 0 Å². The van der Waals surface area contributed by atoms with Crippen LogP contribution in [0.5, 0.6) is 0 Å². The fourth-order valence-corrected chi connectivity index (χ4v) is 6.89. The summed E-state index contributed by atoms with van der Waals surface area (Å²) in [4.78, 5) is 25.7. The van der Waals surface area contributed by atoms with Crippen LogP contribution < -0.4 is 11.3 Å². The van der Waals surface area contributed by atoms with E-state index in [4.69, 9.17) is 8.83 Å². The van der Waals surface area contributed by atoms with Crippen molar-refractivity contribution in [3.8, 4) is 0 Å². The lowest BCUT2D eigenvalue weighted by atomic mass is 9.48. The van der Waals surface area contributed by atoms with E-state index in [1.807, 2.05) is 0 Å². The average Bonchev–Trinajstić information content (AvgIpc) is 2.96. The predicted octanol–water partition coefficient (Wildman–Crippen LogP) is 8.35. The number of halogens is 5. The van der Waals surface area contributed by atoms with E-state index in [9.17, 15) is 14.0 Å². The zero-order valence-electron chi connectivity index (χ0n) is 22.9. The van der Waals surface area contributed by atoms with Crippen LogP contribution in [0.2, 0.25) is 0 Å². The van der Waals surface area contributed by atoms with Crippen molar-refractivity contribution >= 4 is 21.9 Å². The summed E-state index contributed by atoms with van der Waals surface area (Å²) >= 11 is 0. The highest BCUT2D eigenvalue weighted by atomic mass is 19.1.